The summed E-state index contributed by atoms with van der Waals surface area (Å²) < 4.78 is 11.6. The first-order valence-corrected chi connectivity index (χ1v) is 24.6. The fraction of sp³-hybridized carbons (Fsp3) is 0.956. The molecule has 0 aromatic heterocycles. The molecule has 0 aromatic carbocycles. The number of hydrogen-bond donors (Lipinski definition) is 7. The largest absolute Gasteiger partial charge is 0.390 e. The van der Waals surface area contributed by atoms with Crippen molar-refractivity contribution in [3.8, 4) is 0 Å². The van der Waals surface area contributed by atoms with Gasteiger partial charge in [0.25, 0.3) is 0 Å². The molecule has 1 saturated heterocycles. The van der Waals surface area contributed by atoms with Crippen LogP contribution < -0.4 is 11.1 Å². The number of aliphatic hydroxyl groups excluding tert-OH is 5. The Morgan fingerprint density at radius 2 is 1.05 bits per heavy atom. The molecule has 0 radical (unpaired) electrons. The second-order valence-corrected chi connectivity index (χ2v) is 17.8. The third-order valence-electron chi connectivity index (χ3n) is 11.4. The van der Waals surface area contributed by atoms with E-state index in [1.54, 1.807) is 0 Å². The second-order valence-electron chi connectivity index (χ2n) is 16.8. The maximum atomic E-state index is 13.1. The average molecular weight is 833 g/mol. The van der Waals surface area contributed by atoms with Crippen LogP contribution in [0.4, 0.5) is 0 Å². The van der Waals surface area contributed by atoms with Crippen molar-refractivity contribution < 1.29 is 44.6 Å². The first kappa shape index (κ1) is 54.0. The van der Waals surface area contributed by atoms with Gasteiger partial charge in [0.2, 0.25) is 11.8 Å². The van der Waals surface area contributed by atoms with Gasteiger partial charge >= 0.3 is 0 Å². The number of ether oxygens (including phenoxy) is 2. The Kier molecular flexibility index (Phi) is 34.9. The van der Waals surface area contributed by atoms with E-state index in [0.717, 1.165) is 56.7 Å². The Morgan fingerprint density at radius 1 is 0.632 bits per heavy atom. The van der Waals surface area contributed by atoms with Gasteiger partial charge in [-0.15, -0.1) is 11.8 Å². The highest BCUT2D eigenvalue weighted by atomic mass is 32.2. The second kappa shape index (κ2) is 36.8. The predicted octanol–water partition coefficient (Wildman–Crippen LogP) is 7.98. The van der Waals surface area contributed by atoms with Crippen LogP contribution in [0.15, 0.2) is 0 Å². The van der Waals surface area contributed by atoms with E-state index in [4.69, 9.17) is 15.2 Å². The quantitative estimate of drug-likeness (QED) is 0.0298. The molecule has 12 heteroatoms. The lowest BCUT2D eigenvalue weighted by atomic mass is 9.98. The number of rotatable bonds is 40. The summed E-state index contributed by atoms with van der Waals surface area (Å²) in [6.07, 6.45) is 25.5. The molecule has 1 heterocycles. The van der Waals surface area contributed by atoms with Crippen molar-refractivity contribution in [1.29, 1.82) is 0 Å². The number of nitrogens with one attached hydrogen (secondary N) is 1. The molecule has 2 amide bonds. The molecule has 0 saturated carbocycles. The Bertz CT molecular complexity index is 951. The van der Waals surface area contributed by atoms with E-state index in [1.807, 2.05) is 0 Å². The summed E-state index contributed by atoms with van der Waals surface area (Å²) >= 11 is 1.12. The Balaban J connectivity index is 2.52. The number of nitrogens with two attached hydrogens (primary N) is 1. The van der Waals surface area contributed by atoms with E-state index >= 15 is 0 Å². The minimum Gasteiger partial charge on any atom is -0.390 e. The average Bonchev–Trinajstić information content (AvgIpc) is 3.19. The summed E-state index contributed by atoms with van der Waals surface area (Å²) in [5.74, 6) is -0.680. The summed E-state index contributed by atoms with van der Waals surface area (Å²) in [5.41, 5.74) is 5.22. The number of carbonyl (C=O) groups excluding carboxylic acids is 2. The third-order valence-corrected chi connectivity index (χ3v) is 12.5. The number of aliphatic hydroxyl groups is 5. The number of primary amides is 1. The maximum absolute atomic E-state index is 13.1. The third kappa shape index (κ3) is 28.2. The molecule has 1 aliphatic heterocycles. The molecule has 0 spiro atoms. The minimum absolute atomic E-state index is 0.00642. The topological polar surface area (TPSA) is 192 Å². The normalized spacial score (nSPS) is 21.4. The molecule has 8 N–H and O–H groups in total. The number of carbonyl (C=O) groups is 2. The van der Waals surface area contributed by atoms with E-state index in [1.165, 1.54) is 128 Å². The van der Waals surface area contributed by atoms with E-state index < -0.39 is 54.9 Å². The van der Waals surface area contributed by atoms with Crippen LogP contribution in [0.25, 0.3) is 0 Å². The van der Waals surface area contributed by atoms with Crippen LogP contribution in [-0.2, 0) is 19.1 Å². The van der Waals surface area contributed by atoms with Gasteiger partial charge in [0, 0.05) is 12.2 Å². The fourth-order valence-electron chi connectivity index (χ4n) is 7.64. The van der Waals surface area contributed by atoms with E-state index in [9.17, 15) is 35.1 Å². The van der Waals surface area contributed by atoms with Crippen LogP contribution >= 0.6 is 11.8 Å². The zero-order valence-corrected chi connectivity index (χ0v) is 37.1. The molecule has 57 heavy (non-hydrogen) atoms. The summed E-state index contributed by atoms with van der Waals surface area (Å²) in [5, 5.41) is 56.6. The number of hydrogen-bond acceptors (Lipinski definition) is 10. The Hall–Kier alpha value is -0.990. The van der Waals surface area contributed by atoms with Gasteiger partial charge in [-0.1, -0.05) is 187 Å². The van der Waals surface area contributed by atoms with E-state index in [2.05, 4.69) is 19.2 Å². The van der Waals surface area contributed by atoms with Gasteiger partial charge in [0.05, 0.1) is 30.6 Å². The van der Waals surface area contributed by atoms with Gasteiger partial charge in [-0.25, -0.2) is 0 Å². The van der Waals surface area contributed by atoms with E-state index in [-0.39, 0.29) is 30.4 Å². The van der Waals surface area contributed by atoms with Crippen LogP contribution in [0.1, 0.15) is 206 Å². The molecular weight excluding hydrogens is 745 g/mol. The van der Waals surface area contributed by atoms with E-state index in [0.29, 0.717) is 12.8 Å². The number of thioether (sulfide) groups is 1. The Labute approximate surface area is 351 Å². The van der Waals surface area contributed by atoms with Crippen LogP contribution in [-0.4, -0.2) is 104 Å². The smallest absolute Gasteiger partial charge is 0.227 e. The number of unbranched alkanes of at least 4 members (excludes halogenated alkanes) is 26. The summed E-state index contributed by atoms with van der Waals surface area (Å²) in [7, 11) is 0. The summed E-state index contributed by atoms with van der Waals surface area (Å²) in [6, 6.07) is -0.992. The molecule has 1 rings (SSSR count). The highest BCUT2D eigenvalue weighted by molar-refractivity contribution is 7.99. The fourth-order valence-corrected chi connectivity index (χ4v) is 8.46. The van der Waals surface area contributed by atoms with Crippen molar-refractivity contribution in [3.05, 3.63) is 0 Å². The zero-order valence-electron chi connectivity index (χ0n) is 36.3. The molecule has 2 unspecified atom stereocenters. The molecule has 0 aromatic rings. The molecular formula is C45H88N2O9S. The van der Waals surface area contributed by atoms with Gasteiger partial charge in [0.15, 0.2) is 6.29 Å². The first-order chi connectivity index (χ1) is 27.6. The SMILES string of the molecule is CCCCCCCCCCCCCCCCCCC(=O)N[C@@H](CO[C@H]1OC(CSCC(N)=O)[C@H](O)[C@H](O)C1O)[C@H](O)[C@H](O)CCCCCCCCCCCCCC. The number of amides is 2. The molecule has 1 fully saturated rings. The molecule has 11 nitrogen and oxygen atoms in total. The summed E-state index contributed by atoms with van der Waals surface area (Å²) in [4.78, 5) is 24.3. The van der Waals surface area contributed by atoms with Crippen molar-refractivity contribution in [1.82, 2.24) is 5.32 Å². The lowest BCUT2D eigenvalue weighted by Crippen LogP contribution is -2.60. The molecule has 338 valence electrons. The minimum atomic E-state index is -1.60. The molecule has 0 aliphatic carbocycles. The van der Waals surface area contributed by atoms with Crippen LogP contribution in [0.3, 0.4) is 0 Å². The maximum Gasteiger partial charge on any atom is 0.227 e. The van der Waals surface area contributed by atoms with Gasteiger partial charge in [-0.3, -0.25) is 9.59 Å². The highest BCUT2D eigenvalue weighted by Gasteiger charge is 2.44. The van der Waals surface area contributed by atoms with Gasteiger partial charge < -0.3 is 46.1 Å². The highest BCUT2D eigenvalue weighted by Crippen LogP contribution is 2.25. The van der Waals surface area contributed by atoms with Crippen molar-refractivity contribution in [3.63, 3.8) is 0 Å². The van der Waals surface area contributed by atoms with Crippen molar-refractivity contribution in [2.24, 2.45) is 5.73 Å². The monoisotopic (exact) mass is 833 g/mol. The van der Waals surface area contributed by atoms with Crippen molar-refractivity contribution in [2.45, 2.75) is 255 Å². The van der Waals surface area contributed by atoms with Crippen LogP contribution in [0, 0.1) is 0 Å². The molecule has 8 atom stereocenters. The van der Waals surface area contributed by atoms with Crippen molar-refractivity contribution in [2.75, 3.05) is 18.1 Å². The standard InChI is InChI=1S/C45H88N2O9S/c1-3-5-7-9-11-13-15-17-18-19-20-22-24-26-28-30-32-40(50)47-36(33-55-45-44(54)43(53)42(52)38(56-45)34-57-35-39(46)49)41(51)37(48)31-29-27-25-23-21-16-14-12-10-8-6-4-2/h36-38,41-45,48,51-54H,3-35H2,1-2H3,(H2,46,49)(H,47,50)/t36-,37+,38?,41-,42-,43-,44?,45-/m0/s1. The van der Waals surface area contributed by atoms with Crippen molar-refractivity contribution >= 4 is 23.6 Å². The Morgan fingerprint density at radius 3 is 1.49 bits per heavy atom. The molecule has 0 bridgehead atoms. The van der Waals surface area contributed by atoms with Gasteiger partial charge in [0.1, 0.15) is 24.4 Å². The van der Waals surface area contributed by atoms with Crippen LogP contribution in [0.2, 0.25) is 0 Å². The first-order valence-electron chi connectivity index (χ1n) is 23.4. The predicted molar refractivity (Wildman–Crippen MR) is 233 cm³/mol. The zero-order chi connectivity index (χ0) is 41.9. The van der Waals surface area contributed by atoms with Crippen LogP contribution in [0.5, 0.6) is 0 Å². The lowest BCUT2D eigenvalue weighted by Gasteiger charge is -2.41. The summed E-state index contributed by atoms with van der Waals surface area (Å²) in [6.45, 7) is 4.20. The molecule has 1 aliphatic rings. The van der Waals surface area contributed by atoms with Gasteiger partial charge in [-0.2, -0.15) is 0 Å². The van der Waals surface area contributed by atoms with Gasteiger partial charge in [-0.05, 0) is 12.8 Å². The lowest BCUT2D eigenvalue weighted by molar-refractivity contribution is -0.294.